The molecule has 1 aromatic carbocycles. The fraction of sp³-hybridized carbons (Fsp3) is 0.385. The van der Waals surface area contributed by atoms with Gasteiger partial charge in [0.15, 0.2) is 6.29 Å². The molecular formula is C13H14ClFO2. The third kappa shape index (κ3) is 5.18. The fourth-order valence-corrected chi connectivity index (χ4v) is 1.33. The van der Waals surface area contributed by atoms with Gasteiger partial charge < -0.3 is 9.47 Å². The van der Waals surface area contributed by atoms with Crippen molar-refractivity contribution in [1.82, 2.24) is 0 Å². The van der Waals surface area contributed by atoms with Gasteiger partial charge in [-0.15, -0.1) is 0 Å². The van der Waals surface area contributed by atoms with Crippen molar-refractivity contribution in [2.75, 3.05) is 13.2 Å². The van der Waals surface area contributed by atoms with E-state index in [1.807, 2.05) is 6.92 Å². The Balaban J connectivity index is 2.46. The van der Waals surface area contributed by atoms with E-state index in [0.717, 1.165) is 0 Å². The smallest absolute Gasteiger partial charge is 0.156 e. The van der Waals surface area contributed by atoms with E-state index in [2.05, 4.69) is 11.8 Å². The van der Waals surface area contributed by atoms with Crippen LogP contribution in [-0.2, 0) is 9.47 Å². The number of hydrogen-bond donors (Lipinski definition) is 0. The minimum absolute atomic E-state index is 0.0698. The summed E-state index contributed by atoms with van der Waals surface area (Å²) < 4.78 is 23.3. The van der Waals surface area contributed by atoms with Gasteiger partial charge in [-0.25, -0.2) is 4.39 Å². The van der Waals surface area contributed by atoms with Gasteiger partial charge in [-0.3, -0.25) is 0 Å². The summed E-state index contributed by atoms with van der Waals surface area (Å²) >= 11 is 5.62. The maximum atomic E-state index is 12.9. The van der Waals surface area contributed by atoms with Gasteiger partial charge in [0.2, 0.25) is 0 Å². The molecule has 0 saturated carbocycles. The van der Waals surface area contributed by atoms with Crippen molar-refractivity contribution in [2.24, 2.45) is 0 Å². The Morgan fingerprint density at radius 1 is 1.41 bits per heavy atom. The average molecular weight is 257 g/mol. The highest BCUT2D eigenvalue weighted by Gasteiger charge is 1.99. The first-order valence-corrected chi connectivity index (χ1v) is 5.68. The zero-order valence-corrected chi connectivity index (χ0v) is 10.6. The predicted octanol–water partition coefficient (Wildman–Crippen LogP) is 3.23. The molecule has 0 amide bonds. The van der Waals surface area contributed by atoms with Crippen molar-refractivity contribution >= 4 is 11.6 Å². The number of rotatable bonds is 4. The maximum Gasteiger partial charge on any atom is 0.156 e. The lowest BCUT2D eigenvalue weighted by atomic mass is 10.2. The molecule has 0 N–H and O–H groups in total. The normalized spacial score (nSPS) is 11.8. The number of halogens is 2. The first-order chi connectivity index (χ1) is 8.13. The summed E-state index contributed by atoms with van der Waals surface area (Å²) in [5.74, 6) is 5.19. The van der Waals surface area contributed by atoms with Gasteiger partial charge >= 0.3 is 0 Å². The summed E-state index contributed by atoms with van der Waals surface area (Å²) in [4.78, 5) is 0. The summed E-state index contributed by atoms with van der Waals surface area (Å²) in [5.41, 5.74) is 0.657. The summed E-state index contributed by atoms with van der Waals surface area (Å²) in [6, 6.07) is 4.34. The Labute approximate surface area is 106 Å². The molecule has 0 fully saturated rings. The summed E-state index contributed by atoms with van der Waals surface area (Å²) in [7, 11) is 0. The van der Waals surface area contributed by atoms with Crippen LogP contribution in [0.4, 0.5) is 4.39 Å². The van der Waals surface area contributed by atoms with E-state index in [-0.39, 0.29) is 17.9 Å². The van der Waals surface area contributed by atoms with Crippen LogP contribution in [0.5, 0.6) is 0 Å². The van der Waals surface area contributed by atoms with E-state index in [1.165, 1.54) is 12.1 Å². The lowest BCUT2D eigenvalue weighted by Crippen LogP contribution is -2.12. The second kappa shape index (κ2) is 7.29. The number of benzene rings is 1. The molecule has 1 unspecified atom stereocenters. The van der Waals surface area contributed by atoms with E-state index in [9.17, 15) is 4.39 Å². The van der Waals surface area contributed by atoms with Gasteiger partial charge in [-0.2, -0.15) is 0 Å². The molecule has 1 rings (SSSR count). The Hall–Kier alpha value is -1.08. The molecule has 0 spiro atoms. The van der Waals surface area contributed by atoms with Crippen molar-refractivity contribution in [3.63, 3.8) is 0 Å². The molecule has 1 atom stereocenters. The van der Waals surface area contributed by atoms with Crippen LogP contribution in [0.3, 0.4) is 0 Å². The van der Waals surface area contributed by atoms with Crippen LogP contribution >= 0.6 is 11.6 Å². The Morgan fingerprint density at radius 3 is 2.82 bits per heavy atom. The van der Waals surface area contributed by atoms with Gasteiger partial charge in [0.25, 0.3) is 0 Å². The molecular weight excluding hydrogens is 243 g/mol. The molecule has 1 aromatic rings. The highest BCUT2D eigenvalue weighted by atomic mass is 35.5. The van der Waals surface area contributed by atoms with E-state index >= 15 is 0 Å². The van der Waals surface area contributed by atoms with E-state index in [1.54, 1.807) is 13.0 Å². The highest BCUT2D eigenvalue weighted by Crippen LogP contribution is 2.15. The zero-order chi connectivity index (χ0) is 12.7. The molecule has 4 heteroatoms. The van der Waals surface area contributed by atoms with Crippen molar-refractivity contribution < 1.29 is 13.9 Å². The quantitative estimate of drug-likeness (QED) is 0.608. The van der Waals surface area contributed by atoms with E-state index < -0.39 is 5.82 Å². The molecule has 0 bridgehead atoms. The molecule has 0 aliphatic rings. The fourth-order valence-electron chi connectivity index (χ4n) is 1.15. The van der Waals surface area contributed by atoms with E-state index in [4.69, 9.17) is 21.1 Å². The second-order valence-electron chi connectivity index (χ2n) is 3.26. The molecule has 0 saturated heterocycles. The molecule has 0 aliphatic carbocycles. The first-order valence-electron chi connectivity index (χ1n) is 5.30. The van der Waals surface area contributed by atoms with Crippen molar-refractivity contribution in [3.8, 4) is 11.8 Å². The van der Waals surface area contributed by atoms with Crippen molar-refractivity contribution in [2.45, 2.75) is 20.1 Å². The second-order valence-corrected chi connectivity index (χ2v) is 3.67. The Morgan fingerprint density at radius 2 is 2.18 bits per heavy atom. The van der Waals surface area contributed by atoms with Crippen LogP contribution in [0.25, 0.3) is 0 Å². The highest BCUT2D eigenvalue weighted by molar-refractivity contribution is 6.30. The molecule has 17 heavy (non-hydrogen) atoms. The zero-order valence-electron chi connectivity index (χ0n) is 9.80. The number of ether oxygens (including phenoxy) is 2. The topological polar surface area (TPSA) is 18.5 Å². The minimum Gasteiger partial charge on any atom is -0.353 e. The van der Waals surface area contributed by atoms with Gasteiger partial charge in [0.1, 0.15) is 12.4 Å². The summed E-state index contributed by atoms with van der Waals surface area (Å²) in [6.07, 6.45) is -0.272. The van der Waals surface area contributed by atoms with Gasteiger partial charge in [0.05, 0.1) is 5.02 Å². The maximum absolute atomic E-state index is 12.9. The molecule has 0 heterocycles. The van der Waals surface area contributed by atoms with Gasteiger partial charge in [-0.1, -0.05) is 23.4 Å². The lowest BCUT2D eigenvalue weighted by Gasteiger charge is -2.09. The third-order valence-corrected chi connectivity index (χ3v) is 2.23. The predicted molar refractivity (Wildman–Crippen MR) is 65.3 cm³/mol. The van der Waals surface area contributed by atoms with Crippen LogP contribution in [0.1, 0.15) is 19.4 Å². The van der Waals surface area contributed by atoms with Crippen LogP contribution < -0.4 is 0 Å². The first kappa shape index (κ1) is 14.0. The largest absolute Gasteiger partial charge is 0.353 e. The standard InChI is InChI=1S/C13H14ClFO2/c1-3-16-10(2)17-8-4-5-11-6-7-13(15)12(14)9-11/h6-7,9-10H,3,8H2,1-2H3. The third-order valence-electron chi connectivity index (χ3n) is 1.94. The van der Waals surface area contributed by atoms with Crippen molar-refractivity contribution in [1.29, 1.82) is 0 Å². The van der Waals surface area contributed by atoms with E-state index in [0.29, 0.717) is 12.2 Å². The Kier molecular flexibility index (Phi) is 5.99. The SMILES string of the molecule is CCOC(C)OCC#Cc1ccc(F)c(Cl)c1. The van der Waals surface area contributed by atoms with Crippen LogP contribution in [0.2, 0.25) is 5.02 Å². The molecule has 0 radical (unpaired) electrons. The monoisotopic (exact) mass is 256 g/mol. The summed E-state index contributed by atoms with van der Waals surface area (Å²) in [6.45, 7) is 4.56. The van der Waals surface area contributed by atoms with Crippen LogP contribution in [0, 0.1) is 17.7 Å². The molecule has 0 aliphatic heterocycles. The molecule has 2 nitrogen and oxygen atoms in total. The minimum atomic E-state index is -0.446. The Bertz CT molecular complexity index is 423. The van der Waals surface area contributed by atoms with Gasteiger partial charge in [0, 0.05) is 12.2 Å². The number of hydrogen-bond acceptors (Lipinski definition) is 2. The molecule has 92 valence electrons. The molecule has 0 aromatic heterocycles. The lowest BCUT2D eigenvalue weighted by molar-refractivity contribution is -0.117. The average Bonchev–Trinajstić information content (AvgIpc) is 2.29. The van der Waals surface area contributed by atoms with Gasteiger partial charge in [-0.05, 0) is 32.0 Å². The summed E-state index contributed by atoms with van der Waals surface area (Å²) in [5, 5.41) is 0.0698. The van der Waals surface area contributed by atoms with Crippen LogP contribution in [0.15, 0.2) is 18.2 Å². The van der Waals surface area contributed by atoms with Crippen LogP contribution in [-0.4, -0.2) is 19.5 Å². The van der Waals surface area contributed by atoms with Crippen molar-refractivity contribution in [3.05, 3.63) is 34.6 Å².